The fourth-order valence-electron chi connectivity index (χ4n) is 5.41. The quantitative estimate of drug-likeness (QED) is 0.309. The number of fused-ring (bicyclic) bond motifs is 1. The van der Waals surface area contributed by atoms with Crippen LogP contribution in [0.5, 0.6) is 0 Å². The van der Waals surface area contributed by atoms with Crippen molar-refractivity contribution in [2.75, 3.05) is 25.5 Å². The number of hydrogen-bond acceptors (Lipinski definition) is 6. The summed E-state index contributed by atoms with van der Waals surface area (Å²) in [5, 5.41) is 3.81. The number of benzene rings is 1. The maximum atomic E-state index is 13.5. The van der Waals surface area contributed by atoms with Crippen LogP contribution in [0, 0.1) is 6.92 Å². The van der Waals surface area contributed by atoms with Crippen LogP contribution in [0.2, 0.25) is 0 Å². The summed E-state index contributed by atoms with van der Waals surface area (Å²) in [6.45, 7) is 10.2. The van der Waals surface area contributed by atoms with Crippen LogP contribution in [0.15, 0.2) is 47.5 Å². The summed E-state index contributed by atoms with van der Waals surface area (Å²) in [5.74, 6) is 1.01. The fourth-order valence-corrected chi connectivity index (χ4v) is 5.41. The molecule has 0 spiro atoms. The average molecular weight is 530 g/mol. The van der Waals surface area contributed by atoms with Crippen LogP contribution in [0.3, 0.4) is 0 Å². The average Bonchev–Trinajstić information content (AvgIpc) is 3.71. The first-order chi connectivity index (χ1) is 18.8. The molecule has 0 bridgehead atoms. The lowest BCUT2D eigenvalue weighted by molar-refractivity contribution is -0.117. The molecule has 1 aliphatic heterocycles. The Morgan fingerprint density at radius 1 is 1.18 bits per heavy atom. The largest absolute Gasteiger partial charge is 0.324 e. The van der Waals surface area contributed by atoms with Gasteiger partial charge in [0.2, 0.25) is 12.4 Å². The molecule has 39 heavy (non-hydrogen) atoms. The summed E-state index contributed by atoms with van der Waals surface area (Å²) >= 11 is 0. The van der Waals surface area contributed by atoms with E-state index in [1.54, 1.807) is 22.0 Å². The predicted molar refractivity (Wildman–Crippen MR) is 156 cm³/mol. The Hall–Kier alpha value is -3.72. The van der Waals surface area contributed by atoms with Crippen molar-refractivity contribution >= 4 is 34.8 Å². The summed E-state index contributed by atoms with van der Waals surface area (Å²) in [6.07, 6.45) is 12.2. The van der Waals surface area contributed by atoms with Crippen LogP contribution in [0.25, 0.3) is 16.7 Å². The zero-order valence-electron chi connectivity index (χ0n) is 23.6. The molecular formula is C30H39N7O2. The first kappa shape index (κ1) is 26.9. The Kier molecular flexibility index (Phi) is 7.70. The Morgan fingerprint density at radius 2 is 1.92 bits per heavy atom. The van der Waals surface area contributed by atoms with Gasteiger partial charge in [0, 0.05) is 24.1 Å². The summed E-state index contributed by atoms with van der Waals surface area (Å²) in [5.41, 5.74) is 4.67. The minimum Gasteiger partial charge on any atom is -0.324 e. The van der Waals surface area contributed by atoms with Crippen molar-refractivity contribution in [3.8, 4) is 0 Å². The normalized spacial score (nSPS) is 17.4. The number of nitrogens with zero attached hydrogens (tertiary/aromatic N) is 6. The molecule has 1 saturated carbocycles. The van der Waals surface area contributed by atoms with Crippen molar-refractivity contribution in [2.45, 2.75) is 71.4 Å². The van der Waals surface area contributed by atoms with Gasteiger partial charge < -0.3 is 15.1 Å². The number of anilines is 2. The maximum Gasteiger partial charge on any atom is 0.278 e. The van der Waals surface area contributed by atoms with Crippen LogP contribution in [0.4, 0.5) is 11.6 Å². The molecule has 0 radical (unpaired) electrons. The van der Waals surface area contributed by atoms with E-state index in [0.29, 0.717) is 28.6 Å². The molecule has 2 aliphatic rings. The Balaban J connectivity index is 1.53. The Morgan fingerprint density at radius 3 is 2.54 bits per heavy atom. The molecule has 9 heteroatoms. The van der Waals surface area contributed by atoms with E-state index in [-0.39, 0.29) is 17.6 Å². The molecule has 9 nitrogen and oxygen atoms in total. The molecule has 1 aromatic carbocycles. The number of aromatic nitrogens is 4. The van der Waals surface area contributed by atoms with Crippen molar-refractivity contribution < 1.29 is 4.79 Å². The zero-order valence-corrected chi connectivity index (χ0v) is 23.6. The van der Waals surface area contributed by atoms with Crippen LogP contribution in [-0.4, -0.2) is 61.7 Å². The molecular weight excluding hydrogens is 490 g/mol. The number of aryl methyl sites for hydroxylation is 1. The van der Waals surface area contributed by atoms with Crippen LogP contribution in [0.1, 0.15) is 69.5 Å². The second-order valence-corrected chi connectivity index (χ2v) is 11.1. The number of carbonyl (C=O) groups excluding carboxylic acids is 1. The molecule has 1 aliphatic carbocycles. The number of piperidine rings is 1. The topological polar surface area (TPSA) is 88.3 Å². The van der Waals surface area contributed by atoms with E-state index in [0.717, 1.165) is 38.0 Å². The number of likely N-dealkylation sites (tertiary alicyclic amines) is 1. The molecule has 0 unspecified atom stereocenters. The number of hydrogen-bond donors (Lipinski definition) is 1. The van der Waals surface area contributed by atoms with Gasteiger partial charge in [0.25, 0.3) is 5.56 Å². The second kappa shape index (κ2) is 11.2. The van der Waals surface area contributed by atoms with E-state index in [1.807, 2.05) is 37.6 Å². The van der Waals surface area contributed by atoms with Crippen molar-refractivity contribution in [1.29, 1.82) is 0 Å². The van der Waals surface area contributed by atoms with E-state index >= 15 is 0 Å². The van der Waals surface area contributed by atoms with E-state index in [4.69, 9.17) is 4.98 Å². The molecule has 3 heterocycles. The van der Waals surface area contributed by atoms with Gasteiger partial charge in [-0.25, -0.2) is 14.3 Å². The highest BCUT2D eigenvalue weighted by Gasteiger charge is 2.31. The highest BCUT2D eigenvalue weighted by Crippen LogP contribution is 2.36. The summed E-state index contributed by atoms with van der Waals surface area (Å²) < 4.78 is 3.61. The molecule has 1 saturated heterocycles. The fraction of sp³-hybridized carbons (Fsp3) is 0.467. The van der Waals surface area contributed by atoms with Crippen molar-refractivity contribution in [3.63, 3.8) is 0 Å². The first-order valence-electron chi connectivity index (χ1n) is 13.9. The lowest BCUT2D eigenvalue weighted by Crippen LogP contribution is -2.29. The van der Waals surface area contributed by atoms with Crippen molar-refractivity contribution in [1.82, 2.24) is 29.1 Å². The number of carbonyl (C=O) groups is 1. The minimum atomic E-state index is -0.116. The zero-order chi connectivity index (χ0) is 27.7. The summed E-state index contributed by atoms with van der Waals surface area (Å²) in [7, 11) is 2.19. The van der Waals surface area contributed by atoms with Crippen LogP contribution >= 0.6 is 0 Å². The lowest BCUT2D eigenvalue weighted by atomic mass is 9.87. The first-order valence-corrected chi connectivity index (χ1v) is 13.9. The van der Waals surface area contributed by atoms with Gasteiger partial charge in [0.15, 0.2) is 5.65 Å². The van der Waals surface area contributed by atoms with Crippen molar-refractivity contribution in [2.24, 2.45) is 0 Å². The Labute approximate surface area is 229 Å². The SMILES string of the molecule is C/C=C\C(=C/N(C=O)C(C)C)n1c2nc(Nc3ccc(C4CCN(C)CC4)c(C)c3)ncc2c(=O)n1C1CC1. The minimum absolute atomic E-state index is 0.0294. The lowest BCUT2D eigenvalue weighted by Gasteiger charge is -2.30. The summed E-state index contributed by atoms with van der Waals surface area (Å²) in [4.78, 5) is 38.6. The van der Waals surface area contributed by atoms with E-state index in [2.05, 4.69) is 47.4 Å². The number of nitrogens with one attached hydrogen (secondary N) is 1. The third-order valence-electron chi connectivity index (χ3n) is 7.78. The number of amides is 1. The molecule has 3 aromatic rings. The van der Waals surface area contributed by atoms with E-state index in [9.17, 15) is 9.59 Å². The van der Waals surface area contributed by atoms with Gasteiger partial charge in [-0.05, 0) is 109 Å². The van der Waals surface area contributed by atoms with Gasteiger partial charge in [-0.2, -0.15) is 4.98 Å². The van der Waals surface area contributed by atoms with Gasteiger partial charge in [-0.15, -0.1) is 0 Å². The van der Waals surface area contributed by atoms with Gasteiger partial charge in [-0.1, -0.05) is 12.1 Å². The smallest absolute Gasteiger partial charge is 0.278 e. The van der Waals surface area contributed by atoms with Gasteiger partial charge >= 0.3 is 0 Å². The van der Waals surface area contributed by atoms with Gasteiger partial charge in [0.1, 0.15) is 5.39 Å². The van der Waals surface area contributed by atoms with Crippen LogP contribution in [-0.2, 0) is 4.79 Å². The van der Waals surface area contributed by atoms with E-state index in [1.165, 1.54) is 24.0 Å². The standard InChI is InChI=1S/C30H39N7O2/c1-6-7-25(18-35(19-38)20(2)3)36-28-27(29(39)37(36)24-9-10-24)17-31-30(33-28)32-23-8-11-26(21(4)16-23)22-12-14-34(5)15-13-22/h6-8,11,16-20,22,24H,9-10,12-15H2,1-5H3,(H,31,32,33)/b7-6-,25-18+. The highest BCUT2D eigenvalue weighted by atomic mass is 16.1. The third-order valence-corrected chi connectivity index (χ3v) is 7.78. The molecule has 1 N–H and O–H groups in total. The summed E-state index contributed by atoms with van der Waals surface area (Å²) in [6, 6.07) is 6.54. The number of allylic oxidation sites excluding steroid dienone is 3. The molecule has 2 fully saturated rings. The predicted octanol–water partition coefficient (Wildman–Crippen LogP) is 5.03. The molecule has 5 rings (SSSR count). The highest BCUT2D eigenvalue weighted by molar-refractivity contribution is 5.80. The van der Waals surface area contributed by atoms with Gasteiger partial charge in [0.05, 0.1) is 11.7 Å². The Bertz CT molecular complexity index is 1470. The van der Waals surface area contributed by atoms with Gasteiger partial charge in [-0.3, -0.25) is 9.59 Å². The van der Waals surface area contributed by atoms with Crippen LogP contribution < -0.4 is 10.9 Å². The molecule has 2 aromatic heterocycles. The third kappa shape index (κ3) is 5.54. The molecule has 0 atom stereocenters. The van der Waals surface area contributed by atoms with Crippen molar-refractivity contribution in [3.05, 3.63) is 64.2 Å². The maximum absolute atomic E-state index is 13.5. The molecule has 1 amide bonds. The van der Waals surface area contributed by atoms with E-state index < -0.39 is 0 Å². The second-order valence-electron chi connectivity index (χ2n) is 11.1. The molecule has 206 valence electrons. The number of rotatable bonds is 9. The monoisotopic (exact) mass is 529 g/mol.